The molecule has 0 unspecified atom stereocenters. The molecule has 0 spiro atoms. The minimum atomic E-state index is 1.26. The summed E-state index contributed by atoms with van der Waals surface area (Å²) in [5, 5.41) is 0. The average Bonchev–Trinajstić information content (AvgIpc) is 3.25. The van der Waals surface area contributed by atoms with E-state index in [0.29, 0.717) is 0 Å². The van der Waals surface area contributed by atoms with Crippen LogP contribution in [-0.2, 0) is 0 Å². The molecular weight excluding hydrogens is 431 g/mol. The maximum atomic E-state index is 2.38. The third-order valence-corrected chi connectivity index (χ3v) is 6.92. The fraction of sp³-hybridized carbons (Fsp3) is 0. The largest absolute Gasteiger partial charge is 0.134 e. The number of thiophene rings is 2. The van der Waals surface area contributed by atoms with Crippen LogP contribution in [0.3, 0.4) is 0 Å². The smallest absolute Gasteiger partial charge is 0.0660 e. The summed E-state index contributed by atoms with van der Waals surface area (Å²) >= 11 is 6.09. The second kappa shape index (κ2) is 6.59. The van der Waals surface area contributed by atoms with E-state index < -0.39 is 0 Å². The Labute approximate surface area is 157 Å². The molecule has 23 heavy (non-hydrogen) atoms. The van der Waals surface area contributed by atoms with Crippen molar-refractivity contribution in [2.24, 2.45) is 0 Å². The van der Waals surface area contributed by atoms with Gasteiger partial charge >= 0.3 is 0 Å². The third-order valence-electron chi connectivity index (χ3n) is 3.70. The number of hydrogen-bond acceptors (Lipinski definition) is 2. The molecule has 0 fully saturated rings. The Bertz CT molecular complexity index is 918. The standard InChI is InChI=1S/C20H13IS2/c21-20-13-12-19(23-20)18-11-10-17(22-18)16-8-6-15(7-9-16)14-4-2-1-3-5-14/h1-13H. The van der Waals surface area contributed by atoms with Gasteiger partial charge in [0.15, 0.2) is 0 Å². The quantitative estimate of drug-likeness (QED) is 0.289. The van der Waals surface area contributed by atoms with Gasteiger partial charge in [0.1, 0.15) is 0 Å². The summed E-state index contributed by atoms with van der Waals surface area (Å²) in [6.07, 6.45) is 0. The van der Waals surface area contributed by atoms with Crippen LogP contribution in [-0.4, -0.2) is 0 Å². The van der Waals surface area contributed by atoms with E-state index in [0.717, 1.165) is 0 Å². The molecule has 0 aliphatic carbocycles. The summed E-state index contributed by atoms with van der Waals surface area (Å²) in [6.45, 7) is 0. The summed E-state index contributed by atoms with van der Waals surface area (Å²) in [4.78, 5) is 4.02. The first-order chi connectivity index (χ1) is 11.3. The zero-order valence-electron chi connectivity index (χ0n) is 12.2. The summed E-state index contributed by atoms with van der Waals surface area (Å²) in [5.74, 6) is 0. The Morgan fingerprint density at radius 3 is 1.74 bits per heavy atom. The van der Waals surface area contributed by atoms with Gasteiger partial charge in [0.05, 0.1) is 2.88 Å². The van der Waals surface area contributed by atoms with Crippen molar-refractivity contribution in [2.75, 3.05) is 0 Å². The van der Waals surface area contributed by atoms with E-state index in [1.54, 1.807) is 0 Å². The van der Waals surface area contributed by atoms with E-state index in [4.69, 9.17) is 0 Å². The predicted molar refractivity (Wildman–Crippen MR) is 111 cm³/mol. The molecule has 0 aliphatic heterocycles. The van der Waals surface area contributed by atoms with Crippen molar-refractivity contribution in [1.29, 1.82) is 0 Å². The van der Waals surface area contributed by atoms with Crippen molar-refractivity contribution in [2.45, 2.75) is 0 Å². The Kier molecular flexibility index (Phi) is 4.33. The topological polar surface area (TPSA) is 0 Å². The van der Waals surface area contributed by atoms with Crippen LogP contribution in [0.1, 0.15) is 0 Å². The minimum absolute atomic E-state index is 1.26. The Morgan fingerprint density at radius 1 is 0.478 bits per heavy atom. The van der Waals surface area contributed by atoms with Crippen molar-refractivity contribution in [1.82, 2.24) is 0 Å². The lowest BCUT2D eigenvalue weighted by molar-refractivity contribution is 1.62. The molecule has 0 bridgehead atoms. The van der Waals surface area contributed by atoms with E-state index in [-0.39, 0.29) is 0 Å². The first kappa shape index (κ1) is 15.1. The van der Waals surface area contributed by atoms with Gasteiger partial charge in [0.2, 0.25) is 0 Å². The highest BCUT2D eigenvalue weighted by molar-refractivity contribution is 14.1. The van der Waals surface area contributed by atoms with Gasteiger partial charge in [-0.3, -0.25) is 0 Å². The van der Waals surface area contributed by atoms with Crippen LogP contribution in [0.15, 0.2) is 78.9 Å². The van der Waals surface area contributed by atoms with Crippen molar-refractivity contribution in [3.05, 3.63) is 81.7 Å². The lowest BCUT2D eigenvalue weighted by Gasteiger charge is -2.03. The normalized spacial score (nSPS) is 10.8. The average molecular weight is 444 g/mol. The second-order valence-electron chi connectivity index (χ2n) is 5.21. The highest BCUT2D eigenvalue weighted by Crippen LogP contribution is 2.38. The monoisotopic (exact) mass is 444 g/mol. The molecule has 0 atom stereocenters. The predicted octanol–water partition coefficient (Wildman–Crippen LogP) is 7.42. The molecule has 112 valence electrons. The molecule has 4 aromatic rings. The van der Waals surface area contributed by atoms with E-state index in [1.165, 1.54) is 34.2 Å². The van der Waals surface area contributed by atoms with Crippen LogP contribution in [0.5, 0.6) is 0 Å². The maximum absolute atomic E-state index is 2.38. The molecule has 0 aliphatic rings. The van der Waals surface area contributed by atoms with Crippen LogP contribution in [0.2, 0.25) is 0 Å². The maximum Gasteiger partial charge on any atom is 0.0660 e. The van der Waals surface area contributed by atoms with Gasteiger partial charge in [0, 0.05) is 14.6 Å². The molecule has 2 aromatic carbocycles. The molecule has 0 saturated heterocycles. The van der Waals surface area contributed by atoms with Crippen LogP contribution < -0.4 is 0 Å². The third kappa shape index (κ3) is 3.27. The fourth-order valence-electron chi connectivity index (χ4n) is 2.53. The summed E-state index contributed by atoms with van der Waals surface area (Å²) < 4.78 is 1.33. The first-order valence-electron chi connectivity index (χ1n) is 7.31. The lowest BCUT2D eigenvalue weighted by Crippen LogP contribution is -1.77. The highest BCUT2D eigenvalue weighted by Gasteiger charge is 2.07. The Balaban J connectivity index is 1.63. The van der Waals surface area contributed by atoms with Crippen molar-refractivity contribution >= 4 is 45.3 Å². The Morgan fingerprint density at radius 2 is 1.04 bits per heavy atom. The second-order valence-corrected chi connectivity index (χ2v) is 9.27. The molecule has 4 rings (SSSR count). The first-order valence-corrected chi connectivity index (χ1v) is 10.0. The van der Waals surface area contributed by atoms with E-state index in [2.05, 4.69) is 101 Å². The molecule has 2 aromatic heterocycles. The van der Waals surface area contributed by atoms with Gasteiger partial charge in [-0.25, -0.2) is 0 Å². The summed E-state index contributed by atoms with van der Waals surface area (Å²) in [5.41, 5.74) is 3.81. The summed E-state index contributed by atoms with van der Waals surface area (Å²) in [6, 6.07) is 28.2. The van der Waals surface area contributed by atoms with E-state index >= 15 is 0 Å². The van der Waals surface area contributed by atoms with Gasteiger partial charge in [-0.15, -0.1) is 22.7 Å². The molecule has 0 N–H and O–H groups in total. The number of rotatable bonds is 3. The van der Waals surface area contributed by atoms with Gasteiger partial charge < -0.3 is 0 Å². The van der Waals surface area contributed by atoms with Crippen LogP contribution in [0.25, 0.3) is 31.3 Å². The Hall–Kier alpha value is -1.43. The number of benzene rings is 2. The molecule has 0 saturated carbocycles. The van der Waals surface area contributed by atoms with Crippen LogP contribution in [0, 0.1) is 2.88 Å². The van der Waals surface area contributed by atoms with Crippen molar-refractivity contribution in [3.8, 4) is 31.3 Å². The molecule has 0 radical (unpaired) electrons. The van der Waals surface area contributed by atoms with E-state index in [1.807, 2.05) is 22.7 Å². The molecular formula is C20H13IS2. The molecule has 3 heteroatoms. The molecule has 0 nitrogen and oxygen atoms in total. The van der Waals surface area contributed by atoms with Gasteiger partial charge in [-0.05, 0) is 63.5 Å². The SMILES string of the molecule is Ic1ccc(-c2ccc(-c3ccc(-c4ccccc4)cc3)s2)s1. The number of halogens is 1. The van der Waals surface area contributed by atoms with Gasteiger partial charge in [0.25, 0.3) is 0 Å². The zero-order valence-corrected chi connectivity index (χ0v) is 16.0. The van der Waals surface area contributed by atoms with E-state index in [9.17, 15) is 0 Å². The van der Waals surface area contributed by atoms with Crippen molar-refractivity contribution < 1.29 is 0 Å². The lowest BCUT2D eigenvalue weighted by atomic mass is 10.0. The van der Waals surface area contributed by atoms with Crippen LogP contribution >= 0.6 is 45.3 Å². The van der Waals surface area contributed by atoms with Gasteiger partial charge in [-0.1, -0.05) is 54.6 Å². The zero-order chi connectivity index (χ0) is 15.6. The fourth-order valence-corrected chi connectivity index (χ4v) is 5.25. The highest BCUT2D eigenvalue weighted by atomic mass is 127. The van der Waals surface area contributed by atoms with Crippen molar-refractivity contribution in [3.63, 3.8) is 0 Å². The number of hydrogen-bond donors (Lipinski definition) is 0. The minimum Gasteiger partial charge on any atom is -0.134 e. The van der Waals surface area contributed by atoms with Crippen LogP contribution in [0.4, 0.5) is 0 Å². The van der Waals surface area contributed by atoms with Gasteiger partial charge in [-0.2, -0.15) is 0 Å². The molecule has 2 heterocycles. The molecule has 0 amide bonds. The summed E-state index contributed by atoms with van der Waals surface area (Å²) in [7, 11) is 0.